The Morgan fingerprint density at radius 3 is 2.55 bits per heavy atom. The molecule has 1 fully saturated rings. The van der Waals surface area contributed by atoms with E-state index in [-0.39, 0.29) is 5.91 Å². The number of carbonyl (C=O) groups is 1. The third-order valence-electron chi connectivity index (χ3n) is 5.36. The molecule has 0 unspecified atom stereocenters. The summed E-state index contributed by atoms with van der Waals surface area (Å²) < 4.78 is 18.3. The predicted molar refractivity (Wildman–Crippen MR) is 115 cm³/mol. The van der Waals surface area contributed by atoms with Crippen molar-refractivity contribution in [1.29, 1.82) is 0 Å². The van der Waals surface area contributed by atoms with E-state index >= 15 is 0 Å². The summed E-state index contributed by atoms with van der Waals surface area (Å²) in [5.41, 5.74) is 2.62. The zero-order valence-electron chi connectivity index (χ0n) is 16.7. The molecule has 2 heterocycles. The highest BCUT2D eigenvalue weighted by molar-refractivity contribution is 9.10. The van der Waals surface area contributed by atoms with Gasteiger partial charge in [0.25, 0.3) is 11.7 Å². The first kappa shape index (κ1) is 20.4. The summed E-state index contributed by atoms with van der Waals surface area (Å²) in [6.07, 6.45) is 4.75. The fourth-order valence-corrected chi connectivity index (χ4v) is 4.21. The van der Waals surface area contributed by atoms with Gasteiger partial charge in [-0.15, -0.1) is 0 Å². The van der Waals surface area contributed by atoms with Crippen molar-refractivity contribution >= 4 is 27.5 Å². The van der Waals surface area contributed by atoms with Crippen LogP contribution in [0.5, 0.6) is 5.75 Å². The molecule has 5 nitrogen and oxygen atoms in total. The van der Waals surface area contributed by atoms with E-state index in [0.29, 0.717) is 19.8 Å². The largest absolute Gasteiger partial charge is 0.494 e. The van der Waals surface area contributed by atoms with Gasteiger partial charge in [-0.3, -0.25) is 4.79 Å². The lowest BCUT2D eigenvalue weighted by molar-refractivity contribution is -0.180. The molecule has 2 aromatic rings. The second-order valence-corrected chi connectivity index (χ2v) is 8.34. The highest BCUT2D eigenvalue weighted by atomic mass is 79.9. The van der Waals surface area contributed by atoms with Gasteiger partial charge >= 0.3 is 0 Å². The molecule has 2 aliphatic heterocycles. The highest BCUT2D eigenvalue weighted by Crippen LogP contribution is 2.47. The highest BCUT2D eigenvalue weighted by Gasteiger charge is 2.56. The number of benzene rings is 2. The Hall–Kier alpha value is -1.89. The van der Waals surface area contributed by atoms with E-state index in [1.165, 1.54) is 19.3 Å². The van der Waals surface area contributed by atoms with Crippen LogP contribution in [0.15, 0.2) is 46.9 Å². The van der Waals surface area contributed by atoms with Crippen LogP contribution in [0.1, 0.15) is 43.7 Å². The van der Waals surface area contributed by atoms with Crippen molar-refractivity contribution in [1.82, 2.24) is 0 Å². The molecule has 0 atom stereocenters. The first-order valence-electron chi connectivity index (χ1n) is 10.3. The smallest absolute Gasteiger partial charge is 0.292 e. The number of nitrogens with zero attached hydrogens (tertiary/aromatic N) is 1. The van der Waals surface area contributed by atoms with Crippen LogP contribution in [-0.4, -0.2) is 25.7 Å². The van der Waals surface area contributed by atoms with Crippen LogP contribution in [-0.2, 0) is 26.6 Å². The first-order chi connectivity index (χ1) is 14.1. The number of carbonyl (C=O) groups excluding carboxylic acids is 1. The van der Waals surface area contributed by atoms with E-state index in [9.17, 15) is 4.79 Å². The normalized spacial score (nSPS) is 17.2. The van der Waals surface area contributed by atoms with Crippen LogP contribution in [0.2, 0.25) is 0 Å². The van der Waals surface area contributed by atoms with Gasteiger partial charge in [-0.1, -0.05) is 54.2 Å². The molecule has 154 valence electrons. The number of hydrogen-bond acceptors (Lipinski definition) is 4. The van der Waals surface area contributed by atoms with Gasteiger partial charge in [0.1, 0.15) is 5.75 Å². The second-order valence-electron chi connectivity index (χ2n) is 7.42. The molecular formula is C23H26BrNO4. The molecule has 1 saturated heterocycles. The van der Waals surface area contributed by atoms with Crippen molar-refractivity contribution in [3.8, 4) is 5.75 Å². The molecule has 0 bridgehead atoms. The Kier molecular flexibility index (Phi) is 6.23. The summed E-state index contributed by atoms with van der Waals surface area (Å²) >= 11 is 3.49. The van der Waals surface area contributed by atoms with Crippen molar-refractivity contribution in [3.63, 3.8) is 0 Å². The average molecular weight is 460 g/mol. The van der Waals surface area contributed by atoms with E-state index in [1.54, 1.807) is 4.90 Å². The first-order valence-corrected chi connectivity index (χ1v) is 11.0. The van der Waals surface area contributed by atoms with Gasteiger partial charge in [-0.2, -0.15) is 0 Å². The molecule has 1 amide bonds. The van der Waals surface area contributed by atoms with Crippen LogP contribution in [0.3, 0.4) is 0 Å². The van der Waals surface area contributed by atoms with E-state index in [2.05, 4.69) is 22.9 Å². The third-order valence-corrected chi connectivity index (χ3v) is 5.85. The Bertz CT molecular complexity index is 862. The van der Waals surface area contributed by atoms with Crippen LogP contribution in [0, 0.1) is 0 Å². The standard InChI is InChI=1S/C23H26BrNO4/c1-2-3-4-5-12-27-19-9-6-17(7-10-19)16-25-21-11-8-18(24)15-20(21)23(22(25)26)28-13-14-29-23/h6-11,15H,2-5,12-14,16H2,1H3. The fraction of sp³-hybridized carbons (Fsp3) is 0.435. The molecule has 0 radical (unpaired) electrons. The van der Waals surface area contributed by atoms with Gasteiger partial charge in [0.05, 0.1) is 32.1 Å². The van der Waals surface area contributed by atoms with Crippen molar-refractivity contribution in [2.75, 3.05) is 24.7 Å². The minimum absolute atomic E-state index is 0.167. The number of halogens is 1. The fourth-order valence-electron chi connectivity index (χ4n) is 3.85. The lowest BCUT2D eigenvalue weighted by atomic mass is 10.1. The molecule has 29 heavy (non-hydrogen) atoms. The number of amides is 1. The third kappa shape index (κ3) is 4.06. The van der Waals surface area contributed by atoms with Crippen molar-refractivity contribution < 1.29 is 19.0 Å². The van der Waals surface area contributed by atoms with E-state index < -0.39 is 5.79 Å². The monoisotopic (exact) mass is 459 g/mol. The summed E-state index contributed by atoms with van der Waals surface area (Å²) in [5, 5.41) is 0. The van der Waals surface area contributed by atoms with Crippen LogP contribution in [0.25, 0.3) is 0 Å². The van der Waals surface area contributed by atoms with Gasteiger partial charge in [0.2, 0.25) is 0 Å². The summed E-state index contributed by atoms with van der Waals surface area (Å²) in [6, 6.07) is 13.7. The number of rotatable bonds is 8. The number of ether oxygens (including phenoxy) is 3. The topological polar surface area (TPSA) is 48.0 Å². The zero-order chi connectivity index (χ0) is 20.3. The van der Waals surface area contributed by atoms with Gasteiger partial charge in [-0.25, -0.2) is 0 Å². The molecule has 6 heteroatoms. The number of hydrogen-bond donors (Lipinski definition) is 0. The van der Waals surface area contributed by atoms with Crippen LogP contribution >= 0.6 is 15.9 Å². The molecule has 0 aromatic heterocycles. The summed E-state index contributed by atoms with van der Waals surface area (Å²) in [5.74, 6) is -0.610. The molecule has 2 aromatic carbocycles. The maximum Gasteiger partial charge on any atom is 0.292 e. The van der Waals surface area contributed by atoms with Gasteiger partial charge in [0, 0.05) is 10.0 Å². The van der Waals surface area contributed by atoms with Crippen molar-refractivity contribution in [2.24, 2.45) is 0 Å². The lowest BCUT2D eigenvalue weighted by Gasteiger charge is -2.22. The van der Waals surface area contributed by atoms with Crippen LogP contribution < -0.4 is 9.64 Å². The minimum Gasteiger partial charge on any atom is -0.494 e. The summed E-state index contributed by atoms with van der Waals surface area (Å²) in [7, 11) is 0. The zero-order valence-corrected chi connectivity index (χ0v) is 18.2. The molecule has 4 rings (SSSR count). The van der Waals surface area contributed by atoms with Gasteiger partial charge in [0.15, 0.2) is 0 Å². The molecule has 0 aliphatic carbocycles. The van der Waals surface area contributed by atoms with Crippen LogP contribution in [0.4, 0.5) is 5.69 Å². The Morgan fingerprint density at radius 2 is 1.83 bits per heavy atom. The molecule has 2 aliphatic rings. The lowest BCUT2D eigenvalue weighted by Crippen LogP contribution is -2.40. The van der Waals surface area contributed by atoms with E-state index in [1.807, 2.05) is 42.5 Å². The van der Waals surface area contributed by atoms with Crippen molar-refractivity contribution in [2.45, 2.75) is 44.9 Å². The number of unbranched alkanes of at least 4 members (excludes halogenated alkanes) is 3. The van der Waals surface area contributed by atoms with Crippen molar-refractivity contribution in [3.05, 3.63) is 58.1 Å². The van der Waals surface area contributed by atoms with E-state index in [4.69, 9.17) is 14.2 Å². The Balaban J connectivity index is 1.46. The van der Waals surface area contributed by atoms with E-state index in [0.717, 1.165) is 40.1 Å². The SMILES string of the molecule is CCCCCCOc1ccc(CN2C(=O)C3(OCCO3)c3cc(Br)ccc32)cc1. The maximum absolute atomic E-state index is 13.2. The van der Waals surface area contributed by atoms with Gasteiger partial charge < -0.3 is 19.1 Å². The average Bonchev–Trinajstić information content (AvgIpc) is 3.30. The predicted octanol–water partition coefficient (Wildman–Crippen LogP) is 5.15. The Morgan fingerprint density at radius 1 is 1.07 bits per heavy atom. The maximum atomic E-state index is 13.2. The molecule has 0 N–H and O–H groups in total. The molecule has 0 saturated carbocycles. The Labute approximate surface area is 180 Å². The number of anilines is 1. The molecular weight excluding hydrogens is 434 g/mol. The summed E-state index contributed by atoms with van der Waals surface area (Å²) in [4.78, 5) is 15.0. The number of fused-ring (bicyclic) bond motifs is 2. The molecule has 1 spiro atoms. The quantitative estimate of drug-likeness (QED) is 0.511. The second kappa shape index (κ2) is 8.86. The summed E-state index contributed by atoms with van der Waals surface area (Å²) in [6.45, 7) is 4.22. The van der Waals surface area contributed by atoms with Gasteiger partial charge in [-0.05, 0) is 42.3 Å². The minimum atomic E-state index is -1.30.